The Morgan fingerprint density at radius 3 is 2.32 bits per heavy atom. The Kier molecular flexibility index (Phi) is 4.98. The monoisotopic (exact) mass is 263 g/mol. The highest BCUT2D eigenvalue weighted by molar-refractivity contribution is 5.81. The predicted octanol–water partition coefficient (Wildman–Crippen LogP) is 3.15. The van der Waals surface area contributed by atoms with Gasteiger partial charge in [0.15, 0.2) is 0 Å². The van der Waals surface area contributed by atoms with Gasteiger partial charge >= 0.3 is 0 Å². The maximum Gasteiger partial charge on any atom is 0.225 e. The van der Waals surface area contributed by atoms with Gasteiger partial charge in [-0.15, -0.1) is 0 Å². The van der Waals surface area contributed by atoms with Crippen LogP contribution in [0.1, 0.15) is 37.5 Å². The van der Waals surface area contributed by atoms with Crippen LogP contribution in [-0.4, -0.2) is 19.1 Å². The van der Waals surface area contributed by atoms with Gasteiger partial charge in [-0.2, -0.15) is 0 Å². The van der Waals surface area contributed by atoms with E-state index < -0.39 is 0 Å². The van der Waals surface area contributed by atoms with Crippen LogP contribution in [0.2, 0.25) is 0 Å². The number of carbonyl (C=O) groups is 1. The van der Waals surface area contributed by atoms with Gasteiger partial charge in [0.1, 0.15) is 12.4 Å². The van der Waals surface area contributed by atoms with Crippen molar-refractivity contribution in [1.29, 1.82) is 0 Å². The van der Waals surface area contributed by atoms with E-state index in [1.807, 2.05) is 27.7 Å². The Bertz CT molecular complexity index is 459. The molecule has 1 rings (SSSR count). The van der Waals surface area contributed by atoms with Gasteiger partial charge in [-0.1, -0.05) is 32.9 Å². The van der Waals surface area contributed by atoms with Crippen molar-refractivity contribution in [3.8, 4) is 5.75 Å². The molecule has 0 unspecified atom stereocenters. The molecule has 1 amide bonds. The molecule has 1 aromatic carbocycles. The number of amides is 1. The fourth-order valence-corrected chi connectivity index (χ4v) is 1.73. The molecule has 0 spiro atoms. The van der Waals surface area contributed by atoms with Crippen molar-refractivity contribution in [2.75, 3.05) is 13.2 Å². The minimum atomic E-state index is -0.352. The molecule has 3 nitrogen and oxygen atoms in total. The number of hydrogen-bond donors (Lipinski definition) is 1. The van der Waals surface area contributed by atoms with Crippen molar-refractivity contribution in [2.45, 2.75) is 41.5 Å². The van der Waals surface area contributed by atoms with Gasteiger partial charge in [0.25, 0.3) is 0 Å². The lowest BCUT2D eigenvalue weighted by Crippen LogP contribution is -2.37. The van der Waals surface area contributed by atoms with E-state index in [0.717, 1.165) is 11.3 Å². The van der Waals surface area contributed by atoms with Gasteiger partial charge in [0.05, 0.1) is 6.54 Å². The van der Waals surface area contributed by atoms with Crippen molar-refractivity contribution in [3.05, 3.63) is 28.8 Å². The van der Waals surface area contributed by atoms with E-state index in [2.05, 4.69) is 31.3 Å². The normalized spacial score (nSPS) is 11.3. The molecule has 0 fully saturated rings. The average molecular weight is 263 g/mol. The summed E-state index contributed by atoms with van der Waals surface area (Å²) in [6, 6.07) is 4.16. The van der Waals surface area contributed by atoms with Gasteiger partial charge < -0.3 is 10.1 Å². The second-order valence-electron chi connectivity index (χ2n) is 6.01. The first kappa shape index (κ1) is 15.5. The molecule has 1 N–H and O–H groups in total. The highest BCUT2D eigenvalue weighted by Crippen LogP contribution is 2.25. The molecule has 0 aliphatic carbocycles. The van der Waals surface area contributed by atoms with Gasteiger partial charge in [-0.3, -0.25) is 4.79 Å². The second-order valence-corrected chi connectivity index (χ2v) is 6.01. The maximum atomic E-state index is 11.7. The van der Waals surface area contributed by atoms with Crippen molar-refractivity contribution >= 4 is 5.91 Å². The number of hydrogen-bond acceptors (Lipinski definition) is 2. The van der Waals surface area contributed by atoms with E-state index in [0.29, 0.717) is 13.2 Å². The van der Waals surface area contributed by atoms with E-state index in [4.69, 9.17) is 4.74 Å². The fourth-order valence-electron chi connectivity index (χ4n) is 1.73. The smallest absolute Gasteiger partial charge is 0.225 e. The predicted molar refractivity (Wildman–Crippen MR) is 78.6 cm³/mol. The quantitative estimate of drug-likeness (QED) is 0.847. The molecular weight excluding hydrogens is 238 g/mol. The van der Waals surface area contributed by atoms with E-state index in [1.165, 1.54) is 11.1 Å². The molecule has 0 bridgehead atoms. The largest absolute Gasteiger partial charge is 0.491 e. The first-order chi connectivity index (χ1) is 8.73. The van der Waals surface area contributed by atoms with Crippen LogP contribution in [0.25, 0.3) is 0 Å². The number of benzene rings is 1. The molecule has 0 atom stereocenters. The summed E-state index contributed by atoms with van der Waals surface area (Å²) in [4.78, 5) is 11.7. The number of carbonyl (C=O) groups excluding carboxylic acids is 1. The first-order valence-electron chi connectivity index (χ1n) is 6.71. The zero-order chi connectivity index (χ0) is 14.6. The standard InChI is InChI=1S/C16H25NO2/c1-11-7-8-12(2)14(13(11)3)19-10-9-17-15(18)16(4,5)6/h7-8H,9-10H2,1-6H3,(H,17,18). The Morgan fingerprint density at radius 1 is 1.16 bits per heavy atom. The van der Waals surface area contributed by atoms with Crippen LogP contribution < -0.4 is 10.1 Å². The van der Waals surface area contributed by atoms with Crippen LogP contribution in [0.15, 0.2) is 12.1 Å². The van der Waals surface area contributed by atoms with E-state index in [-0.39, 0.29) is 11.3 Å². The van der Waals surface area contributed by atoms with Gasteiger partial charge in [-0.05, 0) is 37.5 Å². The molecule has 0 radical (unpaired) electrons. The lowest BCUT2D eigenvalue weighted by Gasteiger charge is -2.18. The maximum absolute atomic E-state index is 11.7. The lowest BCUT2D eigenvalue weighted by atomic mass is 9.96. The summed E-state index contributed by atoms with van der Waals surface area (Å²) in [5.41, 5.74) is 3.17. The van der Waals surface area contributed by atoms with Crippen LogP contribution in [-0.2, 0) is 4.79 Å². The molecule has 106 valence electrons. The number of ether oxygens (including phenoxy) is 1. The summed E-state index contributed by atoms with van der Waals surface area (Å²) >= 11 is 0. The highest BCUT2D eigenvalue weighted by atomic mass is 16.5. The van der Waals surface area contributed by atoms with Crippen molar-refractivity contribution in [2.24, 2.45) is 5.41 Å². The van der Waals surface area contributed by atoms with Crippen LogP contribution in [0, 0.1) is 26.2 Å². The molecule has 1 aromatic rings. The Hall–Kier alpha value is -1.51. The number of rotatable bonds is 4. The van der Waals surface area contributed by atoms with Crippen molar-refractivity contribution in [1.82, 2.24) is 5.32 Å². The fraction of sp³-hybridized carbons (Fsp3) is 0.562. The third-order valence-corrected chi connectivity index (χ3v) is 3.19. The minimum Gasteiger partial charge on any atom is -0.491 e. The third-order valence-electron chi connectivity index (χ3n) is 3.19. The summed E-state index contributed by atoms with van der Waals surface area (Å²) in [7, 11) is 0. The molecular formula is C16H25NO2. The molecule has 0 aliphatic rings. The third kappa shape index (κ3) is 4.27. The highest BCUT2D eigenvalue weighted by Gasteiger charge is 2.20. The summed E-state index contributed by atoms with van der Waals surface area (Å²) in [6.45, 7) is 12.9. The van der Waals surface area contributed by atoms with Crippen LogP contribution in [0.3, 0.4) is 0 Å². The van der Waals surface area contributed by atoms with Crippen molar-refractivity contribution in [3.63, 3.8) is 0 Å². The number of nitrogens with one attached hydrogen (secondary N) is 1. The van der Waals surface area contributed by atoms with Gasteiger partial charge in [0, 0.05) is 5.41 Å². The Morgan fingerprint density at radius 2 is 1.74 bits per heavy atom. The molecule has 0 heterocycles. The zero-order valence-electron chi connectivity index (χ0n) is 12.9. The topological polar surface area (TPSA) is 38.3 Å². The lowest BCUT2D eigenvalue weighted by molar-refractivity contribution is -0.128. The average Bonchev–Trinajstić information content (AvgIpc) is 2.31. The minimum absolute atomic E-state index is 0.0498. The summed E-state index contributed by atoms with van der Waals surface area (Å²) in [5.74, 6) is 0.985. The van der Waals surface area contributed by atoms with Gasteiger partial charge in [0.2, 0.25) is 5.91 Å². The van der Waals surface area contributed by atoms with Gasteiger partial charge in [-0.25, -0.2) is 0 Å². The van der Waals surface area contributed by atoms with E-state index >= 15 is 0 Å². The molecule has 19 heavy (non-hydrogen) atoms. The summed E-state index contributed by atoms with van der Waals surface area (Å²) < 4.78 is 5.80. The molecule has 0 aromatic heterocycles. The SMILES string of the molecule is Cc1ccc(C)c(OCCNC(=O)C(C)(C)C)c1C. The van der Waals surface area contributed by atoms with Crippen molar-refractivity contribution < 1.29 is 9.53 Å². The van der Waals surface area contributed by atoms with E-state index in [9.17, 15) is 4.79 Å². The van der Waals surface area contributed by atoms with Crippen LogP contribution in [0.4, 0.5) is 0 Å². The zero-order valence-corrected chi connectivity index (χ0v) is 12.9. The molecule has 0 saturated heterocycles. The summed E-state index contributed by atoms with van der Waals surface area (Å²) in [5, 5.41) is 2.88. The van der Waals surface area contributed by atoms with E-state index in [1.54, 1.807) is 0 Å². The summed E-state index contributed by atoms with van der Waals surface area (Å²) in [6.07, 6.45) is 0. The Labute approximate surface area is 116 Å². The molecule has 3 heteroatoms. The van der Waals surface area contributed by atoms with Crippen LogP contribution >= 0.6 is 0 Å². The first-order valence-corrected chi connectivity index (χ1v) is 6.71. The van der Waals surface area contributed by atoms with Crippen LogP contribution in [0.5, 0.6) is 5.75 Å². The number of aryl methyl sites for hydroxylation is 2. The molecule has 0 aliphatic heterocycles. The molecule has 0 saturated carbocycles. The Balaban J connectivity index is 2.51. The second kappa shape index (κ2) is 6.09.